The van der Waals surface area contributed by atoms with Gasteiger partial charge in [-0.2, -0.15) is 0 Å². The van der Waals surface area contributed by atoms with Crippen molar-refractivity contribution in [2.24, 2.45) is 7.05 Å². The van der Waals surface area contributed by atoms with Gasteiger partial charge < -0.3 is 23.8 Å². The molecule has 0 spiro atoms. The largest absolute Gasteiger partial charge is 0.497 e. The van der Waals surface area contributed by atoms with Gasteiger partial charge in [-0.3, -0.25) is 9.36 Å². The standard InChI is InChI=1S/C23H24N4O5/c1-14(27-18-7-5-6-8-19(18)32-23(27)29)22(28)25-20(21-24-9-10-26(21)2)15-11-16(30-3)13-17(12-15)31-4/h5-14,20H,1-4H3,(H,25,28)/t14-,20+/m1/s1. The summed E-state index contributed by atoms with van der Waals surface area (Å²) >= 11 is 0. The Kier molecular flexibility index (Phi) is 5.72. The van der Waals surface area contributed by atoms with Crippen LogP contribution in [0.3, 0.4) is 0 Å². The first-order valence-electron chi connectivity index (χ1n) is 10.0. The summed E-state index contributed by atoms with van der Waals surface area (Å²) in [5, 5.41) is 3.02. The maximum Gasteiger partial charge on any atom is 0.420 e. The number of para-hydroxylation sites is 2. The molecule has 0 unspecified atom stereocenters. The molecule has 9 nitrogen and oxygen atoms in total. The molecule has 4 aromatic rings. The highest BCUT2D eigenvalue weighted by atomic mass is 16.5. The van der Waals surface area contributed by atoms with Crippen LogP contribution < -0.4 is 20.5 Å². The minimum atomic E-state index is -0.818. The molecule has 2 heterocycles. The van der Waals surface area contributed by atoms with Crippen LogP contribution in [-0.4, -0.2) is 34.2 Å². The van der Waals surface area contributed by atoms with E-state index in [0.29, 0.717) is 28.4 Å². The zero-order chi connectivity index (χ0) is 22.8. The third-order valence-corrected chi connectivity index (χ3v) is 5.40. The molecule has 1 amide bonds. The van der Waals surface area contributed by atoms with Crippen molar-refractivity contribution in [3.8, 4) is 11.5 Å². The SMILES string of the molecule is COc1cc(OC)cc([C@H](NC(=O)[C@@H](C)n2c(=O)oc3ccccc32)c2nccn2C)c1. The molecule has 1 N–H and O–H groups in total. The number of hydrogen-bond donors (Lipinski definition) is 1. The number of rotatable bonds is 7. The predicted octanol–water partition coefficient (Wildman–Crippen LogP) is 2.81. The molecule has 9 heteroatoms. The van der Waals surface area contributed by atoms with Crippen LogP contribution >= 0.6 is 0 Å². The summed E-state index contributed by atoms with van der Waals surface area (Å²) < 4.78 is 19.2. The van der Waals surface area contributed by atoms with Gasteiger partial charge >= 0.3 is 5.76 Å². The monoisotopic (exact) mass is 436 g/mol. The van der Waals surface area contributed by atoms with Crippen LogP contribution in [0.25, 0.3) is 11.1 Å². The fourth-order valence-electron chi connectivity index (χ4n) is 3.68. The number of oxazole rings is 1. The first kappa shape index (κ1) is 21.2. The normalized spacial score (nSPS) is 13.0. The highest BCUT2D eigenvalue weighted by Gasteiger charge is 2.27. The van der Waals surface area contributed by atoms with E-state index in [0.717, 1.165) is 5.56 Å². The molecule has 0 aliphatic rings. The minimum absolute atomic E-state index is 0.367. The van der Waals surface area contributed by atoms with E-state index >= 15 is 0 Å². The molecule has 2 aromatic carbocycles. The van der Waals surface area contributed by atoms with Gasteiger partial charge in [0.25, 0.3) is 0 Å². The number of aromatic nitrogens is 3. The molecule has 0 radical (unpaired) electrons. The smallest absolute Gasteiger partial charge is 0.420 e. The van der Waals surface area contributed by atoms with Crippen LogP contribution in [-0.2, 0) is 11.8 Å². The third-order valence-electron chi connectivity index (χ3n) is 5.40. The molecule has 0 fully saturated rings. The molecule has 2 atom stereocenters. The molecule has 166 valence electrons. The summed E-state index contributed by atoms with van der Waals surface area (Å²) in [7, 11) is 4.97. The molecule has 2 aromatic heterocycles. The minimum Gasteiger partial charge on any atom is -0.497 e. The Balaban J connectivity index is 1.73. The Bertz CT molecular complexity index is 1300. The van der Waals surface area contributed by atoms with Crippen LogP contribution in [0.15, 0.2) is 64.1 Å². The van der Waals surface area contributed by atoms with E-state index in [4.69, 9.17) is 13.9 Å². The number of carbonyl (C=O) groups excluding carboxylic acids is 1. The summed E-state index contributed by atoms with van der Waals surface area (Å²) in [6.07, 6.45) is 3.45. The Morgan fingerprint density at radius 2 is 1.81 bits per heavy atom. The quantitative estimate of drug-likeness (QED) is 0.478. The first-order valence-corrected chi connectivity index (χ1v) is 10.0. The first-order chi connectivity index (χ1) is 15.4. The number of nitrogens with zero attached hydrogens (tertiary/aromatic N) is 3. The van der Waals surface area contributed by atoms with E-state index in [1.165, 1.54) is 4.57 Å². The number of amides is 1. The number of nitrogens with one attached hydrogen (secondary N) is 1. The maximum absolute atomic E-state index is 13.3. The molecule has 4 rings (SSSR count). The number of carbonyl (C=O) groups is 1. The highest BCUT2D eigenvalue weighted by Crippen LogP contribution is 2.30. The number of aryl methyl sites for hydroxylation is 1. The number of benzene rings is 2. The highest BCUT2D eigenvalue weighted by molar-refractivity contribution is 5.83. The lowest BCUT2D eigenvalue weighted by molar-refractivity contribution is -0.124. The van der Waals surface area contributed by atoms with Gasteiger partial charge in [-0.1, -0.05) is 12.1 Å². The van der Waals surface area contributed by atoms with Crippen LogP contribution in [0.2, 0.25) is 0 Å². The molecule has 0 saturated carbocycles. The zero-order valence-electron chi connectivity index (χ0n) is 18.2. The van der Waals surface area contributed by atoms with E-state index < -0.39 is 17.8 Å². The van der Waals surface area contributed by atoms with E-state index in [1.807, 2.05) is 23.7 Å². The van der Waals surface area contributed by atoms with Gasteiger partial charge in [0.15, 0.2) is 5.58 Å². The average Bonchev–Trinajstić information content (AvgIpc) is 3.38. The van der Waals surface area contributed by atoms with Crippen molar-refractivity contribution in [1.82, 2.24) is 19.4 Å². The van der Waals surface area contributed by atoms with E-state index in [1.54, 1.807) is 63.9 Å². The molecule has 0 aliphatic heterocycles. The molecule has 0 saturated heterocycles. The van der Waals surface area contributed by atoms with Gasteiger partial charge in [-0.15, -0.1) is 0 Å². The maximum atomic E-state index is 13.3. The second-order valence-corrected chi connectivity index (χ2v) is 7.37. The summed E-state index contributed by atoms with van der Waals surface area (Å²) in [6.45, 7) is 1.65. The fraction of sp³-hybridized carbons (Fsp3) is 0.261. The van der Waals surface area contributed by atoms with E-state index in [-0.39, 0.29) is 5.91 Å². The molecular weight excluding hydrogens is 412 g/mol. The van der Waals surface area contributed by atoms with Gasteiger partial charge in [0.2, 0.25) is 5.91 Å². The summed E-state index contributed by atoms with van der Waals surface area (Å²) in [4.78, 5) is 30.2. The third kappa shape index (κ3) is 3.84. The van der Waals surface area contributed by atoms with Crippen molar-refractivity contribution in [2.45, 2.75) is 19.0 Å². The van der Waals surface area contributed by atoms with Crippen molar-refractivity contribution in [1.29, 1.82) is 0 Å². The number of imidazole rings is 1. The predicted molar refractivity (Wildman–Crippen MR) is 118 cm³/mol. The van der Waals surface area contributed by atoms with Gasteiger partial charge in [0.1, 0.15) is 29.4 Å². The Hall–Kier alpha value is -4.01. The van der Waals surface area contributed by atoms with E-state index in [9.17, 15) is 9.59 Å². The van der Waals surface area contributed by atoms with Crippen LogP contribution in [0.1, 0.15) is 30.4 Å². The fourth-order valence-corrected chi connectivity index (χ4v) is 3.68. The van der Waals surface area contributed by atoms with Crippen molar-refractivity contribution >= 4 is 17.0 Å². The average molecular weight is 436 g/mol. The van der Waals surface area contributed by atoms with Crippen LogP contribution in [0, 0.1) is 0 Å². The molecule has 32 heavy (non-hydrogen) atoms. The van der Waals surface area contributed by atoms with Crippen molar-refractivity contribution < 1.29 is 18.7 Å². The van der Waals surface area contributed by atoms with Crippen molar-refractivity contribution in [2.75, 3.05) is 14.2 Å². The zero-order valence-corrected chi connectivity index (χ0v) is 18.2. The Labute approximate surface area is 184 Å². The molecular formula is C23H24N4O5. The van der Waals surface area contributed by atoms with Gasteiger partial charge in [-0.05, 0) is 36.8 Å². The van der Waals surface area contributed by atoms with Crippen molar-refractivity contribution in [3.63, 3.8) is 0 Å². The second-order valence-electron chi connectivity index (χ2n) is 7.37. The van der Waals surface area contributed by atoms with Crippen LogP contribution in [0.4, 0.5) is 0 Å². The molecule has 0 aliphatic carbocycles. The number of ether oxygens (including phenoxy) is 2. The van der Waals surface area contributed by atoms with Crippen molar-refractivity contribution in [3.05, 3.63) is 76.8 Å². The Morgan fingerprint density at radius 3 is 2.44 bits per heavy atom. The number of methoxy groups -OCH3 is 2. The summed E-state index contributed by atoms with van der Waals surface area (Å²) in [6, 6.07) is 10.9. The van der Waals surface area contributed by atoms with Crippen LogP contribution in [0.5, 0.6) is 11.5 Å². The lowest BCUT2D eigenvalue weighted by atomic mass is 10.0. The summed E-state index contributed by atoms with van der Waals surface area (Å²) in [5.41, 5.74) is 1.70. The second kappa shape index (κ2) is 8.62. The Morgan fingerprint density at radius 1 is 1.12 bits per heavy atom. The lowest BCUT2D eigenvalue weighted by Gasteiger charge is -2.22. The van der Waals surface area contributed by atoms with Gasteiger partial charge in [0, 0.05) is 25.5 Å². The molecule has 0 bridgehead atoms. The van der Waals surface area contributed by atoms with Gasteiger partial charge in [0.05, 0.1) is 19.7 Å². The lowest BCUT2D eigenvalue weighted by Crippen LogP contribution is -2.38. The number of fused-ring (bicyclic) bond motifs is 1. The summed E-state index contributed by atoms with van der Waals surface area (Å²) in [5.74, 6) is 0.819. The number of hydrogen-bond acceptors (Lipinski definition) is 6. The van der Waals surface area contributed by atoms with E-state index in [2.05, 4.69) is 10.3 Å². The topological polar surface area (TPSA) is 101 Å². The van der Waals surface area contributed by atoms with Gasteiger partial charge in [-0.25, -0.2) is 9.78 Å².